The molecule has 1 fully saturated rings. The van der Waals surface area contributed by atoms with Crippen LogP contribution in [0, 0.1) is 0 Å². The van der Waals surface area contributed by atoms with Gasteiger partial charge < -0.3 is 5.32 Å². The van der Waals surface area contributed by atoms with E-state index >= 15 is 0 Å². The Labute approximate surface area is 91.5 Å². The molecule has 0 radical (unpaired) electrons. The number of rotatable bonds is 3. The van der Waals surface area contributed by atoms with Gasteiger partial charge in [0.05, 0.1) is 0 Å². The van der Waals surface area contributed by atoms with E-state index in [1.807, 2.05) is 18.5 Å². The fourth-order valence-corrected chi connectivity index (χ4v) is 2.27. The molecule has 1 atom stereocenters. The lowest BCUT2D eigenvalue weighted by Crippen LogP contribution is -2.45. The van der Waals surface area contributed by atoms with Gasteiger partial charge >= 0.3 is 0 Å². The molecule has 1 aromatic heterocycles. The van der Waals surface area contributed by atoms with Gasteiger partial charge in [-0.05, 0) is 18.1 Å². The maximum atomic E-state index is 4.21. The van der Waals surface area contributed by atoms with Gasteiger partial charge in [0, 0.05) is 44.6 Å². The number of hydrogen-bond acceptors (Lipinski definition) is 3. The first-order chi connectivity index (χ1) is 7.42. The van der Waals surface area contributed by atoms with Gasteiger partial charge in [-0.3, -0.25) is 9.88 Å². The third-order valence-electron chi connectivity index (χ3n) is 3.05. The van der Waals surface area contributed by atoms with Gasteiger partial charge in [-0.2, -0.15) is 0 Å². The molecule has 0 aliphatic carbocycles. The molecule has 1 aromatic rings. The molecule has 2 heterocycles. The van der Waals surface area contributed by atoms with E-state index in [1.165, 1.54) is 5.56 Å². The highest BCUT2D eigenvalue weighted by Crippen LogP contribution is 2.23. The van der Waals surface area contributed by atoms with Crippen molar-refractivity contribution in [2.24, 2.45) is 0 Å². The molecule has 1 aliphatic rings. The van der Waals surface area contributed by atoms with E-state index < -0.39 is 0 Å². The van der Waals surface area contributed by atoms with Gasteiger partial charge in [0.25, 0.3) is 0 Å². The third kappa shape index (κ3) is 2.55. The van der Waals surface area contributed by atoms with Gasteiger partial charge in [-0.15, -0.1) is 0 Å². The van der Waals surface area contributed by atoms with Crippen LogP contribution < -0.4 is 5.32 Å². The van der Waals surface area contributed by atoms with Crippen molar-refractivity contribution in [1.82, 2.24) is 15.2 Å². The average molecular weight is 205 g/mol. The third-order valence-corrected chi connectivity index (χ3v) is 3.05. The molecule has 0 spiro atoms. The minimum Gasteiger partial charge on any atom is -0.314 e. The van der Waals surface area contributed by atoms with Crippen molar-refractivity contribution in [2.45, 2.75) is 19.4 Å². The van der Waals surface area contributed by atoms with Crippen LogP contribution in [-0.2, 0) is 0 Å². The van der Waals surface area contributed by atoms with E-state index in [0.717, 1.165) is 32.6 Å². The molecule has 82 valence electrons. The van der Waals surface area contributed by atoms with Crippen molar-refractivity contribution in [3.8, 4) is 0 Å². The summed E-state index contributed by atoms with van der Waals surface area (Å²) in [5.41, 5.74) is 1.35. The number of nitrogens with one attached hydrogen (secondary N) is 1. The van der Waals surface area contributed by atoms with Crippen LogP contribution in [0.2, 0.25) is 0 Å². The first kappa shape index (κ1) is 10.6. The maximum absolute atomic E-state index is 4.21. The summed E-state index contributed by atoms with van der Waals surface area (Å²) >= 11 is 0. The molecule has 1 aliphatic heterocycles. The molecule has 0 bridgehead atoms. The van der Waals surface area contributed by atoms with Crippen LogP contribution in [0.4, 0.5) is 0 Å². The molecule has 0 unspecified atom stereocenters. The molecule has 0 saturated carbocycles. The highest BCUT2D eigenvalue weighted by atomic mass is 15.2. The van der Waals surface area contributed by atoms with E-state index in [9.17, 15) is 0 Å². The minimum atomic E-state index is 0.542. The predicted molar refractivity (Wildman–Crippen MR) is 61.7 cm³/mol. The van der Waals surface area contributed by atoms with E-state index in [1.54, 1.807) is 0 Å². The Morgan fingerprint density at radius 2 is 2.27 bits per heavy atom. The Morgan fingerprint density at radius 3 is 2.87 bits per heavy atom. The highest BCUT2D eigenvalue weighted by molar-refractivity contribution is 5.14. The normalized spacial score (nSPS) is 20.1. The van der Waals surface area contributed by atoms with Crippen molar-refractivity contribution in [2.75, 3.05) is 26.2 Å². The van der Waals surface area contributed by atoms with Crippen LogP contribution in [0.25, 0.3) is 0 Å². The van der Waals surface area contributed by atoms with Gasteiger partial charge in [-0.1, -0.05) is 13.0 Å². The summed E-state index contributed by atoms with van der Waals surface area (Å²) in [4.78, 5) is 6.76. The second-order valence-electron chi connectivity index (χ2n) is 4.00. The molecule has 15 heavy (non-hydrogen) atoms. The van der Waals surface area contributed by atoms with Crippen molar-refractivity contribution < 1.29 is 0 Å². The maximum Gasteiger partial charge on any atom is 0.0361 e. The molecule has 2 rings (SSSR count). The summed E-state index contributed by atoms with van der Waals surface area (Å²) in [6.07, 6.45) is 5.00. The van der Waals surface area contributed by atoms with Crippen molar-refractivity contribution in [3.63, 3.8) is 0 Å². The topological polar surface area (TPSA) is 28.2 Å². The van der Waals surface area contributed by atoms with E-state index in [0.29, 0.717) is 6.04 Å². The molecule has 3 heteroatoms. The SMILES string of the molecule is CC[C@@H](c1cccnc1)N1CCNCC1. The summed E-state index contributed by atoms with van der Waals surface area (Å²) < 4.78 is 0. The first-order valence-electron chi connectivity index (χ1n) is 5.76. The monoisotopic (exact) mass is 205 g/mol. The number of piperazine rings is 1. The summed E-state index contributed by atoms with van der Waals surface area (Å²) in [5.74, 6) is 0. The number of pyridine rings is 1. The number of hydrogen-bond donors (Lipinski definition) is 1. The van der Waals surface area contributed by atoms with Crippen LogP contribution in [0.1, 0.15) is 24.9 Å². The molecule has 0 aromatic carbocycles. The van der Waals surface area contributed by atoms with Crippen molar-refractivity contribution in [3.05, 3.63) is 30.1 Å². The number of aromatic nitrogens is 1. The summed E-state index contributed by atoms with van der Waals surface area (Å²) in [6.45, 7) is 6.76. The number of nitrogens with zero attached hydrogens (tertiary/aromatic N) is 2. The Bertz CT molecular complexity index is 280. The molecular formula is C12H19N3. The molecule has 1 N–H and O–H groups in total. The molecule has 3 nitrogen and oxygen atoms in total. The summed E-state index contributed by atoms with van der Waals surface area (Å²) in [7, 11) is 0. The fraction of sp³-hybridized carbons (Fsp3) is 0.583. The van der Waals surface area contributed by atoms with Gasteiger partial charge in [0.15, 0.2) is 0 Å². The van der Waals surface area contributed by atoms with Crippen LogP contribution in [0.5, 0.6) is 0 Å². The second kappa shape index (κ2) is 5.24. The van der Waals surface area contributed by atoms with Crippen LogP contribution in [0.15, 0.2) is 24.5 Å². The van der Waals surface area contributed by atoms with Crippen LogP contribution in [0.3, 0.4) is 0 Å². The zero-order valence-corrected chi connectivity index (χ0v) is 9.32. The van der Waals surface area contributed by atoms with E-state index in [2.05, 4.69) is 28.2 Å². The Hall–Kier alpha value is -0.930. The van der Waals surface area contributed by atoms with Crippen LogP contribution in [-0.4, -0.2) is 36.1 Å². The fourth-order valence-electron chi connectivity index (χ4n) is 2.27. The lowest BCUT2D eigenvalue weighted by atomic mass is 10.0. The Kier molecular flexibility index (Phi) is 3.69. The lowest BCUT2D eigenvalue weighted by Gasteiger charge is -2.34. The average Bonchev–Trinajstić information content (AvgIpc) is 2.33. The predicted octanol–water partition coefficient (Wildman–Crippen LogP) is 1.44. The zero-order chi connectivity index (χ0) is 10.5. The largest absolute Gasteiger partial charge is 0.314 e. The van der Waals surface area contributed by atoms with Crippen molar-refractivity contribution in [1.29, 1.82) is 0 Å². The standard InChI is InChI=1S/C12H19N3/c1-2-12(11-4-3-5-14-10-11)15-8-6-13-7-9-15/h3-5,10,12-13H,2,6-9H2,1H3/t12-/m0/s1. The quantitative estimate of drug-likeness (QED) is 0.809. The molecular weight excluding hydrogens is 186 g/mol. The molecule has 1 saturated heterocycles. The Morgan fingerprint density at radius 1 is 1.47 bits per heavy atom. The van der Waals surface area contributed by atoms with Gasteiger partial charge in [0.2, 0.25) is 0 Å². The van der Waals surface area contributed by atoms with Gasteiger partial charge in [-0.25, -0.2) is 0 Å². The van der Waals surface area contributed by atoms with E-state index in [-0.39, 0.29) is 0 Å². The van der Waals surface area contributed by atoms with Crippen molar-refractivity contribution >= 4 is 0 Å². The molecule has 0 amide bonds. The highest BCUT2D eigenvalue weighted by Gasteiger charge is 2.20. The Balaban J connectivity index is 2.09. The first-order valence-corrected chi connectivity index (χ1v) is 5.76. The smallest absolute Gasteiger partial charge is 0.0361 e. The van der Waals surface area contributed by atoms with Gasteiger partial charge in [0.1, 0.15) is 0 Å². The summed E-state index contributed by atoms with van der Waals surface area (Å²) in [5, 5.41) is 3.39. The van der Waals surface area contributed by atoms with Crippen LogP contribution >= 0.6 is 0 Å². The lowest BCUT2D eigenvalue weighted by molar-refractivity contribution is 0.169. The second-order valence-corrected chi connectivity index (χ2v) is 4.00. The summed E-state index contributed by atoms with van der Waals surface area (Å²) in [6, 6.07) is 4.75. The minimum absolute atomic E-state index is 0.542. The van der Waals surface area contributed by atoms with E-state index in [4.69, 9.17) is 0 Å². The zero-order valence-electron chi connectivity index (χ0n) is 9.32.